The highest BCUT2D eigenvalue weighted by Crippen LogP contribution is 2.41. The van der Waals surface area contributed by atoms with Crippen LogP contribution in [0.1, 0.15) is 52.0 Å². The van der Waals surface area contributed by atoms with E-state index in [4.69, 9.17) is 5.73 Å². The lowest BCUT2D eigenvalue weighted by Gasteiger charge is -2.39. The van der Waals surface area contributed by atoms with Gasteiger partial charge in [-0.15, -0.1) is 0 Å². The summed E-state index contributed by atoms with van der Waals surface area (Å²) in [5.41, 5.74) is 8.56. The minimum Gasteiger partial charge on any atom is -0.398 e. The van der Waals surface area contributed by atoms with Crippen molar-refractivity contribution >= 4 is 5.69 Å². The third-order valence-electron chi connectivity index (χ3n) is 5.32. The maximum absolute atomic E-state index is 6.06. The Morgan fingerprint density at radius 2 is 1.95 bits per heavy atom. The molecule has 1 aliphatic rings. The Bertz CT molecular complexity index is 442. The number of hydrogen-bond acceptors (Lipinski definition) is 3. The summed E-state index contributed by atoms with van der Waals surface area (Å²) < 4.78 is 0. The van der Waals surface area contributed by atoms with Gasteiger partial charge in [0, 0.05) is 24.1 Å². The number of nitrogens with one attached hydrogen (secondary N) is 1. The van der Waals surface area contributed by atoms with Gasteiger partial charge in [-0.1, -0.05) is 20.8 Å². The van der Waals surface area contributed by atoms with Crippen molar-refractivity contribution in [3.05, 3.63) is 24.0 Å². The number of nitrogens with zero attached hydrogens (tertiary/aromatic N) is 1. The minimum absolute atomic E-state index is 0.452. The van der Waals surface area contributed by atoms with E-state index in [9.17, 15) is 0 Å². The van der Waals surface area contributed by atoms with Gasteiger partial charge in [-0.3, -0.25) is 4.98 Å². The Hall–Kier alpha value is -1.09. The molecule has 3 N–H and O–H groups in total. The molecule has 0 spiro atoms. The number of anilines is 1. The van der Waals surface area contributed by atoms with Gasteiger partial charge in [0.1, 0.15) is 0 Å². The highest BCUT2D eigenvalue weighted by atomic mass is 14.9. The molecular weight excluding hydrogens is 258 g/mol. The SMILES string of the molecule is CNC(Cc1cnccc1N)C1CCC(C(C)(C)C)CC1. The molecule has 1 fully saturated rings. The van der Waals surface area contributed by atoms with Crippen LogP contribution in [0.4, 0.5) is 5.69 Å². The van der Waals surface area contributed by atoms with Crippen LogP contribution in [0, 0.1) is 17.3 Å². The van der Waals surface area contributed by atoms with Gasteiger partial charge in [0.05, 0.1) is 0 Å². The summed E-state index contributed by atoms with van der Waals surface area (Å²) in [4.78, 5) is 4.21. The van der Waals surface area contributed by atoms with Crippen LogP contribution in [0.3, 0.4) is 0 Å². The minimum atomic E-state index is 0.452. The molecule has 1 atom stereocenters. The van der Waals surface area contributed by atoms with Crippen LogP contribution in [0.5, 0.6) is 0 Å². The monoisotopic (exact) mass is 289 g/mol. The summed E-state index contributed by atoms with van der Waals surface area (Å²) in [7, 11) is 2.08. The predicted molar refractivity (Wildman–Crippen MR) is 90.1 cm³/mol. The number of nitrogen functional groups attached to an aromatic ring is 1. The second-order valence-corrected chi connectivity index (χ2v) is 7.65. The van der Waals surface area contributed by atoms with E-state index in [-0.39, 0.29) is 0 Å². The summed E-state index contributed by atoms with van der Waals surface area (Å²) in [5, 5.41) is 3.52. The Morgan fingerprint density at radius 1 is 1.29 bits per heavy atom. The second-order valence-electron chi connectivity index (χ2n) is 7.65. The third-order valence-corrected chi connectivity index (χ3v) is 5.32. The average Bonchev–Trinajstić information content (AvgIpc) is 2.46. The van der Waals surface area contributed by atoms with Crippen molar-refractivity contribution in [1.82, 2.24) is 10.3 Å². The van der Waals surface area contributed by atoms with Crippen molar-refractivity contribution in [2.75, 3.05) is 12.8 Å². The number of nitrogens with two attached hydrogens (primary N) is 1. The molecule has 0 saturated heterocycles. The summed E-state index contributed by atoms with van der Waals surface area (Å²) in [6, 6.07) is 2.41. The van der Waals surface area contributed by atoms with Crippen molar-refractivity contribution in [3.63, 3.8) is 0 Å². The second kappa shape index (κ2) is 6.78. The van der Waals surface area contributed by atoms with Gasteiger partial charge in [-0.05, 0) is 68.0 Å². The molecule has 1 aliphatic carbocycles. The fourth-order valence-electron chi connectivity index (χ4n) is 3.74. The lowest BCUT2D eigenvalue weighted by Crippen LogP contribution is -2.39. The molecule has 118 valence electrons. The highest BCUT2D eigenvalue weighted by Gasteiger charge is 2.32. The molecule has 21 heavy (non-hydrogen) atoms. The number of rotatable bonds is 4. The molecular formula is C18H31N3. The Morgan fingerprint density at radius 3 is 2.48 bits per heavy atom. The van der Waals surface area contributed by atoms with Gasteiger partial charge in [-0.2, -0.15) is 0 Å². The number of pyridine rings is 1. The normalized spacial score (nSPS) is 24.8. The van der Waals surface area contributed by atoms with E-state index in [0.717, 1.165) is 23.9 Å². The van der Waals surface area contributed by atoms with E-state index in [0.29, 0.717) is 11.5 Å². The summed E-state index contributed by atoms with van der Waals surface area (Å²) in [6.07, 6.45) is 10.0. The van der Waals surface area contributed by atoms with Gasteiger partial charge in [0.15, 0.2) is 0 Å². The molecule has 0 amide bonds. The maximum atomic E-state index is 6.06. The van der Waals surface area contributed by atoms with Crippen LogP contribution >= 0.6 is 0 Å². The van der Waals surface area contributed by atoms with E-state index >= 15 is 0 Å². The van der Waals surface area contributed by atoms with Crippen LogP contribution in [0.15, 0.2) is 18.5 Å². The van der Waals surface area contributed by atoms with Crippen molar-refractivity contribution in [2.45, 2.75) is 58.9 Å². The molecule has 2 rings (SSSR count). The molecule has 0 radical (unpaired) electrons. The number of likely N-dealkylation sites (N-methyl/N-ethyl adjacent to an activating group) is 1. The van der Waals surface area contributed by atoms with Crippen LogP contribution in [0.25, 0.3) is 0 Å². The van der Waals surface area contributed by atoms with Gasteiger partial charge < -0.3 is 11.1 Å². The Kier molecular flexibility index (Phi) is 5.26. The topological polar surface area (TPSA) is 50.9 Å². The van der Waals surface area contributed by atoms with Gasteiger partial charge >= 0.3 is 0 Å². The highest BCUT2D eigenvalue weighted by molar-refractivity contribution is 5.44. The number of aromatic nitrogens is 1. The third kappa shape index (κ3) is 4.19. The molecule has 1 saturated carbocycles. The molecule has 1 unspecified atom stereocenters. The zero-order valence-corrected chi connectivity index (χ0v) is 14.0. The average molecular weight is 289 g/mol. The number of hydrogen-bond donors (Lipinski definition) is 2. The predicted octanol–water partition coefficient (Wildman–Crippen LogP) is 3.65. The Labute approximate surface area is 129 Å². The Balaban J connectivity index is 1.96. The zero-order chi connectivity index (χ0) is 15.5. The molecule has 0 aromatic carbocycles. The lowest BCUT2D eigenvalue weighted by atomic mass is 9.68. The molecule has 1 heterocycles. The van der Waals surface area contributed by atoms with E-state index in [1.807, 2.05) is 12.3 Å². The summed E-state index contributed by atoms with van der Waals surface area (Å²) in [5.74, 6) is 1.63. The zero-order valence-electron chi connectivity index (χ0n) is 14.0. The van der Waals surface area contributed by atoms with Gasteiger partial charge in [0.2, 0.25) is 0 Å². The van der Waals surface area contributed by atoms with Gasteiger partial charge in [-0.25, -0.2) is 0 Å². The van der Waals surface area contributed by atoms with Crippen LogP contribution < -0.4 is 11.1 Å². The summed E-state index contributed by atoms with van der Waals surface area (Å²) in [6.45, 7) is 7.14. The van der Waals surface area contributed by atoms with E-state index in [1.54, 1.807) is 6.20 Å². The van der Waals surface area contributed by atoms with E-state index in [2.05, 4.69) is 38.1 Å². The molecule has 3 heteroatoms. The van der Waals surface area contributed by atoms with Crippen LogP contribution in [-0.2, 0) is 6.42 Å². The van der Waals surface area contributed by atoms with Crippen molar-refractivity contribution < 1.29 is 0 Å². The molecule has 3 nitrogen and oxygen atoms in total. The smallest absolute Gasteiger partial charge is 0.0378 e. The van der Waals surface area contributed by atoms with Crippen molar-refractivity contribution in [1.29, 1.82) is 0 Å². The first kappa shape index (κ1) is 16.3. The maximum Gasteiger partial charge on any atom is 0.0378 e. The lowest BCUT2D eigenvalue weighted by molar-refractivity contribution is 0.134. The first-order valence-corrected chi connectivity index (χ1v) is 8.27. The first-order chi connectivity index (χ1) is 9.91. The van der Waals surface area contributed by atoms with Crippen molar-refractivity contribution in [3.8, 4) is 0 Å². The fourth-order valence-corrected chi connectivity index (χ4v) is 3.74. The molecule has 1 aromatic heterocycles. The summed E-state index contributed by atoms with van der Waals surface area (Å²) >= 11 is 0. The first-order valence-electron chi connectivity index (χ1n) is 8.27. The molecule has 0 aliphatic heterocycles. The van der Waals surface area contributed by atoms with Crippen molar-refractivity contribution in [2.24, 2.45) is 17.3 Å². The van der Waals surface area contributed by atoms with Crippen LogP contribution in [0.2, 0.25) is 0 Å². The molecule has 1 aromatic rings. The molecule has 0 bridgehead atoms. The quantitative estimate of drug-likeness (QED) is 0.889. The van der Waals surface area contributed by atoms with Gasteiger partial charge in [0.25, 0.3) is 0 Å². The van der Waals surface area contributed by atoms with E-state index < -0.39 is 0 Å². The fraction of sp³-hybridized carbons (Fsp3) is 0.722. The standard InChI is InChI=1S/C18H31N3/c1-18(2,3)15-7-5-13(6-8-15)17(20-4)11-14-12-21-10-9-16(14)19/h9-10,12-13,15,17,20H,5-8,11H2,1-4H3,(H2,19,21). The largest absolute Gasteiger partial charge is 0.398 e. The van der Waals surface area contributed by atoms with E-state index in [1.165, 1.54) is 31.2 Å². The van der Waals surface area contributed by atoms with Crippen LogP contribution in [-0.4, -0.2) is 18.1 Å².